The van der Waals surface area contributed by atoms with E-state index in [1.54, 1.807) is 12.1 Å². The van der Waals surface area contributed by atoms with Crippen molar-refractivity contribution < 1.29 is 8.83 Å². The zero-order valence-electron chi connectivity index (χ0n) is 24.2. The van der Waals surface area contributed by atoms with Crippen molar-refractivity contribution in [2.24, 2.45) is 0 Å². The molecule has 9 aromatic rings. The smallest absolute Gasteiger partial charge is 0.227 e. The number of hydrogen-bond donors (Lipinski definition) is 0. The quantitative estimate of drug-likeness (QED) is 0.201. The van der Waals surface area contributed by atoms with E-state index in [4.69, 9.17) is 28.8 Å². The summed E-state index contributed by atoms with van der Waals surface area (Å²) in [5, 5.41) is 13.6. The predicted molar refractivity (Wildman–Crippen MR) is 179 cm³/mol. The first kappa shape index (κ1) is 25.8. The molecule has 0 aliphatic heterocycles. The number of benzene rings is 6. The van der Waals surface area contributed by atoms with Gasteiger partial charge in [-0.25, -0.2) is 19.9 Å². The van der Waals surface area contributed by atoms with Crippen LogP contribution in [0.1, 0.15) is 5.56 Å². The highest BCUT2D eigenvalue weighted by atomic mass is 16.3. The Morgan fingerprint density at radius 1 is 0.500 bits per heavy atom. The molecule has 0 spiro atoms. The van der Waals surface area contributed by atoms with Gasteiger partial charge in [-0.15, -0.1) is 0 Å². The second kappa shape index (κ2) is 10.2. The molecule has 3 heterocycles. The molecule has 7 heteroatoms. The van der Waals surface area contributed by atoms with E-state index in [1.807, 2.05) is 97.1 Å². The van der Waals surface area contributed by atoms with Crippen molar-refractivity contribution in [3.63, 3.8) is 0 Å². The molecular formula is C39H21N5O2. The minimum absolute atomic E-state index is 0.494. The van der Waals surface area contributed by atoms with E-state index in [-0.39, 0.29) is 0 Å². The third-order valence-corrected chi connectivity index (χ3v) is 8.18. The maximum Gasteiger partial charge on any atom is 0.227 e. The minimum Gasteiger partial charge on any atom is -0.456 e. The Balaban J connectivity index is 1.15. The number of para-hydroxylation sites is 1. The zero-order chi connectivity index (χ0) is 30.6. The lowest BCUT2D eigenvalue weighted by Crippen LogP contribution is -2.00. The van der Waals surface area contributed by atoms with Gasteiger partial charge in [0.15, 0.2) is 23.1 Å². The molecule has 0 aliphatic carbocycles. The van der Waals surface area contributed by atoms with Crippen molar-refractivity contribution in [1.29, 1.82) is 5.26 Å². The molecule has 9 rings (SSSR count). The van der Waals surface area contributed by atoms with Gasteiger partial charge in [0, 0.05) is 38.4 Å². The van der Waals surface area contributed by atoms with Crippen LogP contribution in [0.5, 0.6) is 0 Å². The van der Waals surface area contributed by atoms with Crippen LogP contribution in [-0.4, -0.2) is 19.9 Å². The van der Waals surface area contributed by atoms with E-state index < -0.39 is 0 Å². The molecule has 0 aliphatic rings. The van der Waals surface area contributed by atoms with Crippen LogP contribution in [0.3, 0.4) is 0 Å². The van der Waals surface area contributed by atoms with E-state index in [2.05, 4.69) is 24.3 Å². The Morgan fingerprint density at radius 2 is 1.17 bits per heavy atom. The molecule has 0 saturated heterocycles. The highest BCUT2D eigenvalue weighted by Crippen LogP contribution is 2.39. The van der Waals surface area contributed by atoms with Crippen LogP contribution in [-0.2, 0) is 0 Å². The molecule has 0 bridgehead atoms. The number of fused-ring (bicyclic) bond motifs is 7. The average molecular weight is 592 g/mol. The summed E-state index contributed by atoms with van der Waals surface area (Å²) in [6.07, 6.45) is 0. The standard InChI is InChI=1S/C39H21N5O2/c40-22-23-7-6-10-28(21-23)38-43-36(25-8-2-1-3-9-25)42-37(44-38)26-13-15-27(16-14-26)39-41-30-19-17-24-18-20-32-34(33(24)35(30)46-39)29-11-4-5-12-31(29)45-32/h1-21H. The highest BCUT2D eigenvalue weighted by molar-refractivity contribution is 6.25. The Labute approximate surface area is 262 Å². The van der Waals surface area contributed by atoms with E-state index in [0.29, 0.717) is 28.9 Å². The van der Waals surface area contributed by atoms with E-state index >= 15 is 0 Å². The first-order valence-electron chi connectivity index (χ1n) is 14.8. The summed E-state index contributed by atoms with van der Waals surface area (Å²) < 4.78 is 12.6. The van der Waals surface area contributed by atoms with E-state index in [9.17, 15) is 5.26 Å². The van der Waals surface area contributed by atoms with Crippen molar-refractivity contribution in [2.75, 3.05) is 0 Å². The fourth-order valence-electron chi connectivity index (χ4n) is 5.97. The van der Waals surface area contributed by atoms with Gasteiger partial charge < -0.3 is 8.83 Å². The van der Waals surface area contributed by atoms with Gasteiger partial charge >= 0.3 is 0 Å². The van der Waals surface area contributed by atoms with Gasteiger partial charge in [-0.2, -0.15) is 5.26 Å². The number of aromatic nitrogens is 4. The number of rotatable bonds is 4. The SMILES string of the molecule is N#Cc1cccc(-c2nc(-c3ccccc3)nc(-c3ccc(-c4nc5ccc6ccc7oc8ccccc8c7c6c5o4)cc3)n2)c1. The molecule has 3 aromatic heterocycles. The molecule has 0 unspecified atom stereocenters. The summed E-state index contributed by atoms with van der Waals surface area (Å²) in [5.74, 6) is 2.09. The Morgan fingerprint density at radius 3 is 1.98 bits per heavy atom. The van der Waals surface area contributed by atoms with E-state index in [0.717, 1.165) is 66.1 Å². The molecule has 6 aromatic carbocycles. The zero-order valence-corrected chi connectivity index (χ0v) is 24.2. The third-order valence-electron chi connectivity index (χ3n) is 8.18. The number of furan rings is 1. The molecule has 214 valence electrons. The first-order chi connectivity index (χ1) is 22.7. The Bertz CT molecular complexity index is 2650. The second-order valence-electron chi connectivity index (χ2n) is 11.0. The van der Waals surface area contributed by atoms with E-state index in [1.165, 1.54) is 0 Å². The Kier molecular flexibility index (Phi) is 5.74. The van der Waals surface area contributed by atoms with Gasteiger partial charge in [0.1, 0.15) is 16.7 Å². The van der Waals surface area contributed by atoms with Crippen molar-refractivity contribution in [2.45, 2.75) is 0 Å². The fraction of sp³-hybridized carbons (Fsp3) is 0. The lowest BCUT2D eigenvalue weighted by atomic mass is 10.0. The van der Waals surface area contributed by atoms with Crippen LogP contribution in [0.25, 0.3) is 89.4 Å². The van der Waals surface area contributed by atoms with Crippen molar-refractivity contribution in [1.82, 2.24) is 19.9 Å². The molecule has 0 radical (unpaired) electrons. The normalized spacial score (nSPS) is 11.5. The highest BCUT2D eigenvalue weighted by Gasteiger charge is 2.18. The summed E-state index contributed by atoms with van der Waals surface area (Å²) in [7, 11) is 0. The van der Waals surface area contributed by atoms with Crippen LogP contribution in [0.2, 0.25) is 0 Å². The van der Waals surface area contributed by atoms with Crippen molar-refractivity contribution >= 4 is 43.8 Å². The van der Waals surface area contributed by atoms with Crippen molar-refractivity contribution in [3.05, 3.63) is 133 Å². The predicted octanol–water partition coefficient (Wildman–Crippen LogP) is 9.61. The lowest BCUT2D eigenvalue weighted by Gasteiger charge is -2.09. The number of nitriles is 1. The number of oxazole rings is 1. The van der Waals surface area contributed by atoms with Gasteiger partial charge in [-0.1, -0.05) is 84.9 Å². The average Bonchev–Trinajstić information content (AvgIpc) is 3.74. The van der Waals surface area contributed by atoms with Gasteiger partial charge in [-0.05, 0) is 47.9 Å². The summed E-state index contributed by atoms with van der Waals surface area (Å²) in [4.78, 5) is 19.3. The number of nitrogens with zero attached hydrogens (tertiary/aromatic N) is 5. The van der Waals surface area contributed by atoms with Gasteiger partial charge in [0.25, 0.3) is 0 Å². The largest absolute Gasteiger partial charge is 0.456 e. The summed E-state index contributed by atoms with van der Waals surface area (Å²) >= 11 is 0. The summed E-state index contributed by atoms with van der Waals surface area (Å²) in [5.41, 5.74) is 6.96. The molecule has 0 amide bonds. The maximum atomic E-state index is 9.45. The van der Waals surface area contributed by atoms with Crippen molar-refractivity contribution in [3.8, 4) is 51.7 Å². The summed E-state index contributed by atoms with van der Waals surface area (Å²) in [6.45, 7) is 0. The maximum absolute atomic E-state index is 9.45. The van der Waals surface area contributed by atoms with Crippen LogP contribution in [0.15, 0.2) is 136 Å². The molecular weight excluding hydrogens is 570 g/mol. The molecule has 0 N–H and O–H groups in total. The molecule has 7 nitrogen and oxygen atoms in total. The molecule has 0 saturated carbocycles. The fourth-order valence-corrected chi connectivity index (χ4v) is 5.97. The number of hydrogen-bond acceptors (Lipinski definition) is 7. The topological polar surface area (TPSA) is 102 Å². The molecule has 0 fully saturated rings. The third kappa shape index (κ3) is 4.20. The van der Waals surface area contributed by atoms with Crippen LogP contribution >= 0.6 is 0 Å². The molecule has 46 heavy (non-hydrogen) atoms. The molecule has 0 atom stereocenters. The van der Waals surface area contributed by atoms with Crippen LogP contribution in [0, 0.1) is 11.3 Å². The first-order valence-corrected chi connectivity index (χ1v) is 14.8. The monoisotopic (exact) mass is 591 g/mol. The summed E-state index contributed by atoms with van der Waals surface area (Å²) in [6, 6.07) is 43.3. The van der Waals surface area contributed by atoms with Gasteiger partial charge in [-0.3, -0.25) is 0 Å². The van der Waals surface area contributed by atoms with Crippen LogP contribution < -0.4 is 0 Å². The van der Waals surface area contributed by atoms with Crippen LogP contribution in [0.4, 0.5) is 0 Å². The van der Waals surface area contributed by atoms with Gasteiger partial charge in [0.05, 0.1) is 11.6 Å². The minimum atomic E-state index is 0.494. The second-order valence-corrected chi connectivity index (χ2v) is 11.0. The van der Waals surface area contributed by atoms with Gasteiger partial charge in [0.2, 0.25) is 5.89 Å². The Hall–Kier alpha value is -6.65. The lowest BCUT2D eigenvalue weighted by molar-refractivity contribution is 0.623.